The van der Waals surface area contributed by atoms with Crippen LogP contribution in [0.4, 0.5) is 5.69 Å². The number of benzene rings is 2. The molecule has 0 saturated heterocycles. The van der Waals surface area contributed by atoms with Crippen molar-refractivity contribution in [2.45, 2.75) is 0 Å². The fraction of sp³-hybridized carbons (Fsp3) is 0.176. The lowest BCUT2D eigenvalue weighted by Gasteiger charge is -2.22. The third-order valence-corrected chi connectivity index (χ3v) is 2.88. The van der Waals surface area contributed by atoms with Crippen molar-refractivity contribution in [3.05, 3.63) is 65.7 Å². The van der Waals surface area contributed by atoms with E-state index in [0.29, 0.717) is 0 Å². The predicted octanol–water partition coefficient (Wildman–Crippen LogP) is 1.63. The molecule has 0 aliphatic carbocycles. The molecule has 116 valence electrons. The number of carbonyl (C=O) groups excluding carboxylic acids is 1. The lowest BCUT2D eigenvalue weighted by molar-refractivity contribution is -0.255. The number of carbonyl (C=O) groups is 2. The first-order valence-corrected chi connectivity index (χ1v) is 6.63. The van der Waals surface area contributed by atoms with Crippen molar-refractivity contribution in [1.82, 2.24) is 4.48 Å². The summed E-state index contributed by atoms with van der Waals surface area (Å²) in [6.45, 7) is 0. The maximum Gasteiger partial charge on any atom is 0.335 e. The number of quaternary nitrogens is 1. The van der Waals surface area contributed by atoms with Crippen molar-refractivity contribution >= 4 is 17.6 Å². The van der Waals surface area contributed by atoms with Crippen LogP contribution < -0.4 is 9.59 Å². The molecule has 2 aromatic carbocycles. The molecule has 0 fully saturated rings. The molecule has 0 aliphatic rings. The molecule has 0 saturated carbocycles. The van der Waals surface area contributed by atoms with Crippen LogP contribution in [0.25, 0.3) is 0 Å². The van der Waals surface area contributed by atoms with Crippen molar-refractivity contribution in [2.24, 2.45) is 0 Å². The number of rotatable bonds is 3. The Morgan fingerprint density at radius 2 is 1.45 bits per heavy atom. The van der Waals surface area contributed by atoms with Gasteiger partial charge in [0.05, 0.1) is 32.7 Å². The Bertz CT molecular complexity index is 616. The van der Waals surface area contributed by atoms with Gasteiger partial charge in [-0.25, -0.2) is 4.79 Å². The molecule has 22 heavy (non-hydrogen) atoms. The second-order valence-corrected chi connectivity index (χ2v) is 5.52. The smallest absolute Gasteiger partial charge is 0.335 e. The first kappa shape index (κ1) is 17.4. The van der Waals surface area contributed by atoms with Gasteiger partial charge in [0.2, 0.25) is 0 Å². The van der Waals surface area contributed by atoms with E-state index in [0.717, 1.165) is 10.5 Å². The van der Waals surface area contributed by atoms with E-state index in [1.165, 1.54) is 23.9 Å². The Hall–Kier alpha value is -2.66. The Morgan fingerprint density at radius 1 is 0.909 bits per heavy atom. The van der Waals surface area contributed by atoms with Crippen LogP contribution >= 0.6 is 0 Å². The van der Waals surface area contributed by atoms with Gasteiger partial charge in [0.25, 0.3) is 0 Å². The zero-order valence-corrected chi connectivity index (χ0v) is 12.8. The van der Waals surface area contributed by atoms with E-state index in [9.17, 15) is 14.7 Å². The van der Waals surface area contributed by atoms with Gasteiger partial charge in [0.15, 0.2) is 0 Å². The molecule has 1 N–H and O–H groups in total. The molecule has 0 aliphatic heterocycles. The Labute approximate surface area is 129 Å². The molecule has 0 spiro atoms. The normalized spacial score (nSPS) is 10.3. The van der Waals surface area contributed by atoms with Gasteiger partial charge >= 0.3 is 5.97 Å². The van der Waals surface area contributed by atoms with Gasteiger partial charge in [0, 0.05) is 0 Å². The van der Waals surface area contributed by atoms with Gasteiger partial charge in [-0.15, -0.1) is 0 Å². The van der Waals surface area contributed by atoms with E-state index in [1.54, 1.807) is 0 Å². The summed E-state index contributed by atoms with van der Waals surface area (Å²) in [5.41, 5.74) is 1.15. The van der Waals surface area contributed by atoms with Crippen LogP contribution in [0, 0.1) is 0 Å². The fourth-order valence-corrected chi connectivity index (χ4v) is 1.65. The lowest BCUT2D eigenvalue weighted by Crippen LogP contribution is -2.34. The minimum absolute atomic E-state index is 0.0586. The van der Waals surface area contributed by atoms with Gasteiger partial charge in [0.1, 0.15) is 5.69 Å². The molecule has 5 heteroatoms. The second-order valence-electron chi connectivity index (χ2n) is 5.52. The topological polar surface area (TPSA) is 77.4 Å². The molecule has 0 amide bonds. The lowest BCUT2D eigenvalue weighted by atomic mass is 10.1. The maximum absolute atomic E-state index is 10.4. The summed E-state index contributed by atoms with van der Waals surface area (Å²) < 4.78 is 0.890. The van der Waals surface area contributed by atoms with Crippen LogP contribution in [0.2, 0.25) is 0 Å². The molecule has 2 aromatic rings. The molecular weight excluding hydrogens is 282 g/mol. The van der Waals surface area contributed by atoms with Gasteiger partial charge in [-0.2, -0.15) is 0 Å². The van der Waals surface area contributed by atoms with Crippen LogP contribution in [0.1, 0.15) is 20.7 Å². The van der Waals surface area contributed by atoms with Gasteiger partial charge in [-0.05, 0) is 29.8 Å². The van der Waals surface area contributed by atoms with Crippen molar-refractivity contribution in [3.8, 4) is 0 Å². The highest BCUT2D eigenvalue weighted by Crippen LogP contribution is 2.14. The Morgan fingerprint density at radius 3 is 1.86 bits per heavy atom. The average Bonchev–Trinajstić information content (AvgIpc) is 2.48. The molecule has 2 rings (SSSR count). The standard InChI is InChI=1S/C9H14N.C8H6O4/c1-10(2,3)9-7-5-4-6-8-9;9-7(10)5-2-1-3-6(4-5)8(11)12/h4-8H,1-3H3;1-4H,(H,9,10)(H,11,12)/q+1;/p-1. The number of aromatic carboxylic acids is 2. The van der Waals surface area contributed by atoms with E-state index in [-0.39, 0.29) is 11.1 Å². The maximum atomic E-state index is 10.4. The third-order valence-electron chi connectivity index (χ3n) is 2.88. The zero-order valence-electron chi connectivity index (χ0n) is 12.8. The molecular formula is C17H19NO4. The molecule has 0 bridgehead atoms. The van der Waals surface area contributed by atoms with Crippen molar-refractivity contribution in [1.29, 1.82) is 0 Å². The molecule has 0 unspecified atom stereocenters. The summed E-state index contributed by atoms with van der Waals surface area (Å²) in [6.07, 6.45) is 0. The molecule has 0 atom stereocenters. The Balaban J connectivity index is 0.000000224. The largest absolute Gasteiger partial charge is 0.545 e. The van der Waals surface area contributed by atoms with E-state index in [2.05, 4.69) is 45.4 Å². The summed E-state index contributed by atoms with van der Waals surface area (Å²) in [4.78, 5) is 20.6. The van der Waals surface area contributed by atoms with Crippen LogP contribution in [-0.2, 0) is 0 Å². The summed E-state index contributed by atoms with van der Waals surface area (Å²) >= 11 is 0. The fourth-order valence-electron chi connectivity index (χ4n) is 1.65. The third kappa shape index (κ3) is 5.38. The van der Waals surface area contributed by atoms with E-state index >= 15 is 0 Å². The quantitative estimate of drug-likeness (QED) is 0.874. The monoisotopic (exact) mass is 301 g/mol. The average molecular weight is 301 g/mol. The number of hydrogen-bond donors (Lipinski definition) is 1. The molecule has 0 aromatic heterocycles. The molecule has 0 heterocycles. The highest BCUT2D eigenvalue weighted by molar-refractivity contribution is 5.92. The SMILES string of the molecule is C[N+](C)(C)c1ccccc1.O=C([O-])c1cccc(C(=O)O)c1. The Kier molecular flexibility index (Phi) is 5.83. The predicted molar refractivity (Wildman–Crippen MR) is 83.7 cm³/mol. The number of carboxylic acid groups (broad SMARTS) is 2. The second kappa shape index (κ2) is 7.38. The number of nitrogens with zero attached hydrogens (tertiary/aromatic N) is 1. The van der Waals surface area contributed by atoms with Crippen molar-refractivity contribution in [2.75, 3.05) is 21.1 Å². The first-order chi connectivity index (χ1) is 10.2. The number of hydrogen-bond acceptors (Lipinski definition) is 3. The van der Waals surface area contributed by atoms with E-state index in [1.807, 2.05) is 6.07 Å². The zero-order chi connectivity index (χ0) is 16.8. The van der Waals surface area contributed by atoms with Crippen LogP contribution in [0.15, 0.2) is 54.6 Å². The summed E-state index contributed by atoms with van der Waals surface area (Å²) in [7, 11) is 6.49. The minimum Gasteiger partial charge on any atom is -0.545 e. The van der Waals surface area contributed by atoms with Gasteiger partial charge in [-0.3, -0.25) is 4.48 Å². The summed E-state index contributed by atoms with van der Waals surface area (Å²) in [5, 5.41) is 18.7. The van der Waals surface area contributed by atoms with Gasteiger partial charge < -0.3 is 15.0 Å². The van der Waals surface area contributed by atoms with Crippen molar-refractivity contribution in [3.63, 3.8) is 0 Å². The van der Waals surface area contributed by atoms with Crippen LogP contribution in [0.3, 0.4) is 0 Å². The van der Waals surface area contributed by atoms with E-state index < -0.39 is 11.9 Å². The van der Waals surface area contributed by atoms with E-state index in [4.69, 9.17) is 5.11 Å². The van der Waals surface area contributed by atoms with Crippen molar-refractivity contribution < 1.29 is 19.8 Å². The highest BCUT2D eigenvalue weighted by Gasteiger charge is 2.08. The van der Waals surface area contributed by atoms with Crippen LogP contribution in [-0.4, -0.2) is 38.2 Å². The number of carboxylic acids is 2. The van der Waals surface area contributed by atoms with Crippen LogP contribution in [0.5, 0.6) is 0 Å². The first-order valence-electron chi connectivity index (χ1n) is 6.63. The minimum atomic E-state index is -1.38. The number of para-hydroxylation sites is 1. The highest BCUT2D eigenvalue weighted by atomic mass is 16.4. The van der Waals surface area contributed by atoms with Gasteiger partial charge in [-0.1, -0.05) is 30.3 Å². The molecule has 5 nitrogen and oxygen atoms in total. The molecule has 0 radical (unpaired) electrons. The summed E-state index contributed by atoms with van der Waals surface area (Å²) in [5.74, 6) is -2.53. The summed E-state index contributed by atoms with van der Waals surface area (Å²) in [6, 6.07) is 15.5.